The molecule has 4 heterocycles. The maximum Gasteiger partial charge on any atom is 0.129 e. The quantitative estimate of drug-likeness (QED) is 0.642. The number of nitrogens with zero attached hydrogens (tertiary/aromatic N) is 3. The summed E-state index contributed by atoms with van der Waals surface area (Å²) in [6.45, 7) is 3.17. The van der Waals surface area contributed by atoms with Gasteiger partial charge in [0.2, 0.25) is 0 Å². The molecule has 3 nitrogen and oxygen atoms in total. The van der Waals surface area contributed by atoms with Gasteiger partial charge < -0.3 is 9.80 Å². The van der Waals surface area contributed by atoms with Crippen LogP contribution in [0.2, 0.25) is 0 Å². The van der Waals surface area contributed by atoms with E-state index in [2.05, 4.69) is 20.9 Å². The molecule has 1 aliphatic carbocycles. The SMILES string of the molecule is ClC1=NCN2CC34CCC(CC3)CN4C2=C1. The molecule has 0 amide bonds. The van der Waals surface area contributed by atoms with Crippen molar-refractivity contribution in [1.29, 1.82) is 0 Å². The lowest BCUT2D eigenvalue weighted by Gasteiger charge is -2.51. The van der Waals surface area contributed by atoms with Crippen molar-refractivity contribution in [3.8, 4) is 0 Å². The molecule has 4 fully saturated rings. The summed E-state index contributed by atoms with van der Waals surface area (Å²) in [5.74, 6) is 2.25. The first-order valence-electron chi connectivity index (χ1n) is 6.21. The summed E-state index contributed by atoms with van der Waals surface area (Å²) in [5.41, 5.74) is 0.428. The zero-order chi connectivity index (χ0) is 10.8. The minimum atomic E-state index is 0.428. The van der Waals surface area contributed by atoms with Gasteiger partial charge in [-0.1, -0.05) is 11.6 Å². The first-order chi connectivity index (χ1) is 7.77. The molecule has 5 rings (SSSR count). The second kappa shape index (κ2) is 2.95. The second-order valence-electron chi connectivity index (χ2n) is 5.60. The molecule has 1 saturated carbocycles. The van der Waals surface area contributed by atoms with Crippen molar-refractivity contribution in [2.45, 2.75) is 31.2 Å². The van der Waals surface area contributed by atoms with Crippen molar-refractivity contribution in [3.05, 3.63) is 11.9 Å². The predicted octanol–water partition coefficient (Wildman–Crippen LogP) is 2.00. The van der Waals surface area contributed by atoms with E-state index in [4.69, 9.17) is 11.6 Å². The summed E-state index contributed by atoms with van der Waals surface area (Å²) in [7, 11) is 0. The fourth-order valence-corrected chi connectivity index (χ4v) is 4.05. The maximum atomic E-state index is 6.03. The Hall–Kier alpha value is -0.700. The van der Waals surface area contributed by atoms with E-state index < -0.39 is 0 Å². The molecular formula is C12H16ClN3. The predicted molar refractivity (Wildman–Crippen MR) is 64.3 cm³/mol. The zero-order valence-electron chi connectivity index (χ0n) is 9.32. The average molecular weight is 238 g/mol. The number of allylic oxidation sites excluding steroid dienone is 1. The van der Waals surface area contributed by atoms with Crippen molar-refractivity contribution in [2.75, 3.05) is 19.8 Å². The van der Waals surface area contributed by atoms with Gasteiger partial charge in [-0.15, -0.1) is 0 Å². The highest BCUT2D eigenvalue weighted by molar-refractivity contribution is 6.68. The highest BCUT2D eigenvalue weighted by atomic mass is 35.5. The number of fused-ring (bicyclic) bond motifs is 3. The lowest BCUT2D eigenvalue weighted by atomic mass is 9.71. The lowest BCUT2D eigenvalue weighted by Crippen LogP contribution is -2.55. The van der Waals surface area contributed by atoms with Crippen molar-refractivity contribution in [3.63, 3.8) is 0 Å². The molecule has 0 unspecified atom stereocenters. The molecule has 0 atom stereocenters. The zero-order valence-corrected chi connectivity index (χ0v) is 10.1. The van der Waals surface area contributed by atoms with Crippen molar-refractivity contribution in [2.24, 2.45) is 10.9 Å². The van der Waals surface area contributed by atoms with Gasteiger partial charge in [-0.3, -0.25) is 4.99 Å². The van der Waals surface area contributed by atoms with Crippen LogP contribution in [0.15, 0.2) is 16.9 Å². The molecular weight excluding hydrogens is 222 g/mol. The fourth-order valence-electron chi connectivity index (χ4n) is 3.90. The third-order valence-electron chi connectivity index (χ3n) is 4.78. The maximum absolute atomic E-state index is 6.03. The first kappa shape index (κ1) is 9.34. The van der Waals surface area contributed by atoms with Crippen LogP contribution in [0.3, 0.4) is 0 Å². The van der Waals surface area contributed by atoms with Crippen molar-refractivity contribution >= 4 is 16.8 Å². The summed E-state index contributed by atoms with van der Waals surface area (Å²) < 4.78 is 0. The molecule has 0 N–H and O–H groups in total. The molecule has 2 bridgehead atoms. The molecule has 4 aliphatic heterocycles. The monoisotopic (exact) mass is 237 g/mol. The third-order valence-corrected chi connectivity index (χ3v) is 5.00. The highest BCUT2D eigenvalue weighted by Gasteiger charge is 2.53. The molecule has 0 aromatic heterocycles. The summed E-state index contributed by atoms with van der Waals surface area (Å²) in [6.07, 6.45) is 7.63. The van der Waals surface area contributed by atoms with Gasteiger partial charge in [0.25, 0.3) is 0 Å². The molecule has 4 heteroatoms. The van der Waals surface area contributed by atoms with E-state index in [1.807, 2.05) is 0 Å². The van der Waals surface area contributed by atoms with Crippen LogP contribution < -0.4 is 0 Å². The molecule has 0 radical (unpaired) electrons. The summed E-state index contributed by atoms with van der Waals surface area (Å²) in [5, 5.41) is 0.671. The van der Waals surface area contributed by atoms with Gasteiger partial charge in [0, 0.05) is 19.2 Å². The van der Waals surface area contributed by atoms with Crippen LogP contribution in [-0.4, -0.2) is 40.3 Å². The highest BCUT2D eigenvalue weighted by Crippen LogP contribution is 2.50. The van der Waals surface area contributed by atoms with E-state index in [0.29, 0.717) is 10.7 Å². The van der Waals surface area contributed by atoms with Gasteiger partial charge in [0.05, 0.1) is 5.54 Å². The van der Waals surface area contributed by atoms with Crippen LogP contribution in [0, 0.1) is 5.92 Å². The average Bonchev–Trinajstić information content (AvgIpc) is 2.64. The summed E-state index contributed by atoms with van der Waals surface area (Å²) in [6, 6.07) is 0. The Bertz CT molecular complexity index is 393. The van der Waals surface area contributed by atoms with Crippen LogP contribution in [0.4, 0.5) is 0 Å². The topological polar surface area (TPSA) is 18.8 Å². The summed E-state index contributed by atoms with van der Waals surface area (Å²) >= 11 is 6.03. The van der Waals surface area contributed by atoms with Crippen LogP contribution >= 0.6 is 11.6 Å². The Balaban J connectivity index is 1.76. The Morgan fingerprint density at radius 3 is 3.00 bits per heavy atom. The van der Waals surface area contributed by atoms with Crippen LogP contribution in [-0.2, 0) is 0 Å². The van der Waals surface area contributed by atoms with Gasteiger partial charge in [0.1, 0.15) is 17.7 Å². The molecule has 3 saturated heterocycles. The van der Waals surface area contributed by atoms with Crippen LogP contribution in [0.1, 0.15) is 25.7 Å². The van der Waals surface area contributed by atoms with E-state index in [1.165, 1.54) is 44.6 Å². The van der Waals surface area contributed by atoms with Crippen molar-refractivity contribution in [1.82, 2.24) is 9.80 Å². The number of hydrogen-bond acceptors (Lipinski definition) is 3. The van der Waals surface area contributed by atoms with Crippen molar-refractivity contribution < 1.29 is 0 Å². The smallest absolute Gasteiger partial charge is 0.129 e. The minimum absolute atomic E-state index is 0.428. The fraction of sp³-hybridized carbons (Fsp3) is 0.750. The number of aliphatic imine (C=N–C) groups is 1. The standard InChI is InChI=1S/C12H16ClN3/c13-10-5-11-15(8-14-10)7-12-3-1-9(2-4-12)6-16(11)12/h5,9H,1-4,6-8H2. The molecule has 1 spiro atoms. The molecule has 16 heavy (non-hydrogen) atoms. The van der Waals surface area contributed by atoms with Gasteiger partial charge >= 0.3 is 0 Å². The van der Waals surface area contributed by atoms with E-state index in [9.17, 15) is 0 Å². The van der Waals surface area contributed by atoms with E-state index in [1.54, 1.807) is 0 Å². The second-order valence-corrected chi connectivity index (χ2v) is 5.99. The molecule has 0 aromatic rings. The van der Waals surface area contributed by atoms with Gasteiger partial charge in [-0.2, -0.15) is 0 Å². The molecule has 0 aromatic carbocycles. The molecule has 86 valence electrons. The number of hydrogen-bond donors (Lipinski definition) is 0. The van der Waals surface area contributed by atoms with Gasteiger partial charge in [-0.25, -0.2) is 0 Å². The lowest BCUT2D eigenvalue weighted by molar-refractivity contribution is 0.0221. The number of piperidine rings is 2. The number of halogens is 1. The van der Waals surface area contributed by atoms with E-state index in [0.717, 1.165) is 12.6 Å². The van der Waals surface area contributed by atoms with Gasteiger partial charge in [0.15, 0.2) is 0 Å². The Labute approximate surface area is 101 Å². The Morgan fingerprint density at radius 2 is 2.19 bits per heavy atom. The first-order valence-corrected chi connectivity index (χ1v) is 6.59. The Kier molecular flexibility index (Phi) is 1.72. The Morgan fingerprint density at radius 1 is 1.38 bits per heavy atom. The normalized spacial score (nSPS) is 40.4. The number of rotatable bonds is 0. The summed E-state index contributed by atoms with van der Waals surface area (Å²) in [4.78, 5) is 9.34. The largest absolute Gasteiger partial charge is 0.350 e. The van der Waals surface area contributed by atoms with Gasteiger partial charge in [-0.05, 0) is 31.6 Å². The van der Waals surface area contributed by atoms with Crippen LogP contribution in [0.5, 0.6) is 0 Å². The third kappa shape index (κ3) is 1.07. The van der Waals surface area contributed by atoms with Crippen LogP contribution in [0.25, 0.3) is 0 Å². The molecule has 5 aliphatic rings. The minimum Gasteiger partial charge on any atom is -0.350 e. The van der Waals surface area contributed by atoms with E-state index >= 15 is 0 Å². The van der Waals surface area contributed by atoms with E-state index in [-0.39, 0.29) is 0 Å².